The average Bonchev–Trinajstić information content (AvgIpc) is 3.26. The zero-order valence-corrected chi connectivity index (χ0v) is 18.4. The number of rotatable bonds is 7. The van der Waals surface area contributed by atoms with Crippen LogP contribution in [0.4, 0.5) is 11.4 Å². The van der Waals surface area contributed by atoms with Gasteiger partial charge in [-0.1, -0.05) is 23.7 Å². The smallest absolute Gasteiger partial charge is 0.255 e. The van der Waals surface area contributed by atoms with Crippen molar-refractivity contribution >= 4 is 56.0 Å². The topological polar surface area (TPSA) is 92.3 Å². The van der Waals surface area contributed by atoms with E-state index in [2.05, 4.69) is 10.6 Å². The molecule has 0 atom stereocenters. The second-order valence-corrected chi connectivity index (χ2v) is 10.2. The third-order valence-corrected chi connectivity index (χ3v) is 7.87. The van der Waals surface area contributed by atoms with Gasteiger partial charge in [-0.2, -0.15) is 0 Å². The maximum atomic E-state index is 12.4. The molecule has 30 heavy (non-hydrogen) atoms. The highest BCUT2D eigenvalue weighted by atomic mass is 35.5. The molecule has 0 aliphatic carbocycles. The zero-order valence-electron chi connectivity index (χ0n) is 16.0. The van der Waals surface area contributed by atoms with E-state index in [1.165, 1.54) is 6.07 Å². The molecule has 0 aliphatic heterocycles. The van der Waals surface area contributed by atoms with Crippen molar-refractivity contribution in [1.82, 2.24) is 0 Å². The molecule has 0 aliphatic rings. The van der Waals surface area contributed by atoms with Crippen LogP contribution in [0.1, 0.15) is 22.3 Å². The number of hydrogen-bond acceptors (Lipinski definition) is 5. The summed E-state index contributed by atoms with van der Waals surface area (Å²) in [6, 6.07) is 14.7. The van der Waals surface area contributed by atoms with Crippen molar-refractivity contribution in [3.8, 4) is 0 Å². The van der Waals surface area contributed by atoms with Gasteiger partial charge in [0.2, 0.25) is 5.91 Å². The van der Waals surface area contributed by atoms with Crippen molar-refractivity contribution in [2.24, 2.45) is 0 Å². The Morgan fingerprint density at radius 3 is 2.33 bits per heavy atom. The second kappa shape index (κ2) is 9.42. The fraction of sp³-hybridized carbons (Fsp3) is 0.143. The fourth-order valence-electron chi connectivity index (χ4n) is 2.57. The van der Waals surface area contributed by atoms with Crippen molar-refractivity contribution in [1.29, 1.82) is 0 Å². The van der Waals surface area contributed by atoms with E-state index in [-0.39, 0.29) is 22.3 Å². The van der Waals surface area contributed by atoms with Gasteiger partial charge in [0.05, 0.1) is 5.75 Å². The van der Waals surface area contributed by atoms with Gasteiger partial charge in [-0.3, -0.25) is 9.59 Å². The molecule has 1 aromatic heterocycles. The highest BCUT2D eigenvalue weighted by Gasteiger charge is 2.17. The Bertz CT molecular complexity index is 1160. The first-order chi connectivity index (χ1) is 14.2. The van der Waals surface area contributed by atoms with E-state index in [9.17, 15) is 18.0 Å². The SMILES string of the molecule is Cc1ccc(NC(=O)c2ccc(NC(=O)CCS(=O)(=O)c3cccs3)cc2)cc1Cl. The monoisotopic (exact) mass is 462 g/mol. The van der Waals surface area contributed by atoms with Crippen LogP contribution in [0.5, 0.6) is 0 Å². The molecule has 6 nitrogen and oxygen atoms in total. The molecule has 3 aromatic rings. The number of carbonyl (C=O) groups is 2. The molecule has 1 heterocycles. The van der Waals surface area contributed by atoms with Crippen LogP contribution in [0.25, 0.3) is 0 Å². The van der Waals surface area contributed by atoms with Crippen LogP contribution < -0.4 is 10.6 Å². The predicted molar refractivity (Wildman–Crippen MR) is 120 cm³/mol. The van der Waals surface area contributed by atoms with Crippen molar-refractivity contribution in [2.75, 3.05) is 16.4 Å². The van der Waals surface area contributed by atoms with E-state index in [1.807, 2.05) is 13.0 Å². The number of thiophene rings is 1. The number of nitrogens with one attached hydrogen (secondary N) is 2. The van der Waals surface area contributed by atoms with Crippen LogP contribution >= 0.6 is 22.9 Å². The molecule has 9 heteroatoms. The molecule has 0 unspecified atom stereocenters. The Morgan fingerprint density at radius 2 is 1.70 bits per heavy atom. The Balaban J connectivity index is 1.55. The number of amides is 2. The molecule has 2 N–H and O–H groups in total. The van der Waals surface area contributed by atoms with E-state index in [0.29, 0.717) is 22.0 Å². The third-order valence-electron chi connectivity index (χ3n) is 4.26. The second-order valence-electron chi connectivity index (χ2n) is 6.54. The maximum absolute atomic E-state index is 12.4. The lowest BCUT2D eigenvalue weighted by Gasteiger charge is -2.09. The molecule has 0 radical (unpaired) electrons. The molecule has 3 rings (SSSR count). The molecular formula is C21H19ClN2O4S2. The van der Waals surface area contributed by atoms with Gasteiger partial charge in [-0.15, -0.1) is 11.3 Å². The highest BCUT2D eigenvalue weighted by molar-refractivity contribution is 7.93. The minimum atomic E-state index is -3.46. The fourth-order valence-corrected chi connectivity index (χ4v) is 5.14. The van der Waals surface area contributed by atoms with E-state index in [4.69, 9.17) is 11.6 Å². The van der Waals surface area contributed by atoms with E-state index in [1.54, 1.807) is 47.8 Å². The lowest BCUT2D eigenvalue weighted by molar-refractivity contribution is -0.115. The predicted octanol–water partition coefficient (Wildman–Crippen LogP) is 4.76. The molecule has 2 aromatic carbocycles. The van der Waals surface area contributed by atoms with E-state index >= 15 is 0 Å². The average molecular weight is 463 g/mol. The molecular weight excluding hydrogens is 444 g/mol. The lowest BCUT2D eigenvalue weighted by Crippen LogP contribution is -2.17. The number of benzene rings is 2. The maximum Gasteiger partial charge on any atom is 0.255 e. The van der Waals surface area contributed by atoms with Crippen LogP contribution in [-0.4, -0.2) is 26.0 Å². The molecule has 2 amide bonds. The Labute approximate surface area is 183 Å². The Morgan fingerprint density at radius 1 is 1.00 bits per heavy atom. The summed E-state index contributed by atoms with van der Waals surface area (Å²) in [6.07, 6.45) is -0.156. The number of anilines is 2. The van der Waals surface area contributed by atoms with Crippen LogP contribution in [0.3, 0.4) is 0 Å². The van der Waals surface area contributed by atoms with Gasteiger partial charge in [0.15, 0.2) is 9.84 Å². The standard InChI is InChI=1S/C21H19ClN2O4S2/c1-14-4-7-17(13-18(14)22)24-21(26)15-5-8-16(9-6-15)23-19(25)10-12-30(27,28)20-3-2-11-29-20/h2-9,11,13H,10,12H2,1H3,(H,23,25)(H,24,26). The summed E-state index contributed by atoms with van der Waals surface area (Å²) in [6.45, 7) is 1.87. The van der Waals surface area contributed by atoms with Crippen LogP contribution in [0, 0.1) is 6.92 Å². The summed E-state index contributed by atoms with van der Waals surface area (Å²) < 4.78 is 24.5. The third kappa shape index (κ3) is 5.69. The van der Waals surface area contributed by atoms with Gasteiger partial charge in [-0.05, 0) is 60.3 Å². The molecule has 0 saturated carbocycles. The number of aryl methyl sites for hydroxylation is 1. The van der Waals surface area contributed by atoms with Crippen molar-refractivity contribution in [3.05, 3.63) is 76.1 Å². The van der Waals surface area contributed by atoms with Crippen molar-refractivity contribution in [3.63, 3.8) is 0 Å². The first kappa shape index (κ1) is 22.0. The summed E-state index contributed by atoms with van der Waals surface area (Å²) in [4.78, 5) is 24.4. The summed E-state index contributed by atoms with van der Waals surface area (Å²) >= 11 is 7.19. The lowest BCUT2D eigenvalue weighted by atomic mass is 10.1. The largest absolute Gasteiger partial charge is 0.326 e. The molecule has 0 spiro atoms. The Hall–Kier alpha value is -2.68. The number of sulfone groups is 1. The molecule has 0 fully saturated rings. The van der Waals surface area contributed by atoms with Gasteiger partial charge in [0.25, 0.3) is 5.91 Å². The van der Waals surface area contributed by atoms with E-state index < -0.39 is 15.7 Å². The summed E-state index contributed by atoms with van der Waals surface area (Å²) in [5, 5.41) is 7.64. The summed E-state index contributed by atoms with van der Waals surface area (Å²) in [5.74, 6) is -0.990. The van der Waals surface area contributed by atoms with Gasteiger partial charge in [0.1, 0.15) is 4.21 Å². The minimum Gasteiger partial charge on any atom is -0.326 e. The molecule has 0 bridgehead atoms. The van der Waals surface area contributed by atoms with Gasteiger partial charge < -0.3 is 10.6 Å². The van der Waals surface area contributed by atoms with Crippen LogP contribution in [0.2, 0.25) is 5.02 Å². The molecule has 0 saturated heterocycles. The first-order valence-electron chi connectivity index (χ1n) is 8.98. The first-order valence-corrected chi connectivity index (χ1v) is 11.9. The van der Waals surface area contributed by atoms with Crippen LogP contribution in [-0.2, 0) is 14.6 Å². The van der Waals surface area contributed by atoms with Crippen LogP contribution in [0.15, 0.2) is 64.2 Å². The number of halogens is 1. The number of carbonyl (C=O) groups excluding carboxylic acids is 2. The van der Waals surface area contributed by atoms with Crippen molar-refractivity contribution in [2.45, 2.75) is 17.6 Å². The van der Waals surface area contributed by atoms with Gasteiger partial charge in [0, 0.05) is 28.4 Å². The quantitative estimate of drug-likeness (QED) is 0.529. The highest BCUT2D eigenvalue weighted by Crippen LogP contribution is 2.21. The minimum absolute atomic E-state index is 0.156. The summed E-state index contributed by atoms with van der Waals surface area (Å²) in [7, 11) is -3.46. The van der Waals surface area contributed by atoms with Crippen molar-refractivity contribution < 1.29 is 18.0 Å². The zero-order chi connectivity index (χ0) is 21.7. The molecule has 156 valence electrons. The van der Waals surface area contributed by atoms with Gasteiger partial charge >= 0.3 is 0 Å². The Kier molecular flexibility index (Phi) is 6.91. The normalized spacial score (nSPS) is 11.1. The summed E-state index contributed by atoms with van der Waals surface area (Å²) in [5.41, 5.74) is 2.38. The number of hydrogen-bond donors (Lipinski definition) is 2. The van der Waals surface area contributed by atoms with Gasteiger partial charge in [-0.25, -0.2) is 8.42 Å². The van der Waals surface area contributed by atoms with E-state index in [0.717, 1.165) is 16.9 Å².